The number of para-hydroxylation sites is 1. The second kappa shape index (κ2) is 12.6. The van der Waals surface area contributed by atoms with Crippen LogP contribution >= 0.6 is 0 Å². The van der Waals surface area contributed by atoms with E-state index in [0.29, 0.717) is 22.7 Å². The van der Waals surface area contributed by atoms with E-state index in [0.717, 1.165) is 49.7 Å². The Morgan fingerprint density at radius 3 is 2.06 bits per heavy atom. The number of phenols is 1. The van der Waals surface area contributed by atoms with Gasteiger partial charge < -0.3 is 9.52 Å². The van der Waals surface area contributed by atoms with E-state index in [2.05, 4.69) is 124 Å². The molecule has 0 unspecified atom stereocenters. The van der Waals surface area contributed by atoms with E-state index in [-0.39, 0.29) is 11.2 Å². The van der Waals surface area contributed by atoms with Crippen LogP contribution in [0.15, 0.2) is 161 Å². The first-order valence-corrected chi connectivity index (χ1v) is 16.9. The molecular formula is C46H36N2O2. The largest absolute Gasteiger partial charge is 0.507 e. The average molecular weight is 649 g/mol. The number of hydrogen-bond acceptors (Lipinski definition) is 4. The van der Waals surface area contributed by atoms with Crippen molar-refractivity contribution in [2.45, 2.75) is 26.2 Å². The molecule has 8 rings (SSSR count). The number of oxazole rings is 1. The number of aromatic nitrogens is 1. The Morgan fingerprint density at radius 1 is 0.600 bits per heavy atom. The lowest BCUT2D eigenvalue weighted by Gasteiger charge is -2.19. The minimum atomic E-state index is -0.0586. The van der Waals surface area contributed by atoms with E-state index in [4.69, 9.17) is 14.4 Å². The molecule has 0 aliphatic carbocycles. The van der Waals surface area contributed by atoms with Crippen LogP contribution in [-0.2, 0) is 5.41 Å². The van der Waals surface area contributed by atoms with Crippen LogP contribution in [-0.4, -0.2) is 16.3 Å². The van der Waals surface area contributed by atoms with Crippen LogP contribution in [0.3, 0.4) is 0 Å². The highest BCUT2D eigenvalue weighted by molar-refractivity contribution is 6.05. The van der Waals surface area contributed by atoms with E-state index < -0.39 is 0 Å². The van der Waals surface area contributed by atoms with Crippen molar-refractivity contribution in [1.82, 2.24) is 4.98 Å². The molecule has 50 heavy (non-hydrogen) atoms. The zero-order valence-electron chi connectivity index (χ0n) is 28.3. The van der Waals surface area contributed by atoms with Crippen LogP contribution in [0.1, 0.15) is 31.9 Å². The topological polar surface area (TPSA) is 58.6 Å². The lowest BCUT2D eigenvalue weighted by molar-refractivity contribution is 0.473. The molecule has 0 saturated heterocycles. The Balaban J connectivity index is 1.26. The Bertz CT molecular complexity index is 2510. The summed E-state index contributed by atoms with van der Waals surface area (Å²) in [5, 5.41) is 13.0. The molecule has 1 aromatic heterocycles. The smallest absolute Gasteiger partial charge is 0.229 e. The zero-order chi connectivity index (χ0) is 34.2. The molecule has 1 N–H and O–H groups in total. The number of aliphatic imine (C=N–C) groups is 1. The first-order valence-electron chi connectivity index (χ1n) is 16.9. The Labute approximate surface area is 292 Å². The maximum atomic E-state index is 10.6. The van der Waals surface area contributed by atoms with Gasteiger partial charge >= 0.3 is 0 Å². The van der Waals surface area contributed by atoms with Gasteiger partial charge in [-0.05, 0) is 86.0 Å². The van der Waals surface area contributed by atoms with Crippen molar-refractivity contribution in [2.75, 3.05) is 0 Å². The lowest BCUT2D eigenvalue weighted by atomic mass is 9.86. The number of hydrogen-bond donors (Lipinski definition) is 1. The maximum Gasteiger partial charge on any atom is 0.229 e. The van der Waals surface area contributed by atoms with Crippen molar-refractivity contribution in [2.24, 2.45) is 4.99 Å². The number of nitrogens with zero attached hydrogens (tertiary/aromatic N) is 2. The van der Waals surface area contributed by atoms with E-state index in [9.17, 15) is 5.11 Å². The fourth-order valence-corrected chi connectivity index (χ4v) is 6.49. The highest BCUT2D eigenvalue weighted by Crippen LogP contribution is 2.41. The van der Waals surface area contributed by atoms with Gasteiger partial charge in [-0.1, -0.05) is 136 Å². The van der Waals surface area contributed by atoms with E-state index in [1.54, 1.807) is 12.3 Å². The Morgan fingerprint density at radius 2 is 1.26 bits per heavy atom. The van der Waals surface area contributed by atoms with Gasteiger partial charge in [0.25, 0.3) is 0 Å². The fraction of sp³-hybridized carbons (Fsp3) is 0.0870. The fourth-order valence-electron chi connectivity index (χ4n) is 6.49. The molecule has 0 saturated carbocycles. The summed E-state index contributed by atoms with van der Waals surface area (Å²) in [4.78, 5) is 9.99. The van der Waals surface area contributed by atoms with E-state index in [1.165, 1.54) is 11.1 Å². The third-order valence-electron chi connectivity index (χ3n) is 9.27. The molecule has 242 valence electrons. The highest BCUT2D eigenvalue weighted by atomic mass is 16.3. The summed E-state index contributed by atoms with van der Waals surface area (Å²) in [6.07, 6.45) is 1.71. The third kappa shape index (κ3) is 5.97. The summed E-state index contributed by atoms with van der Waals surface area (Å²) in [7, 11) is 0. The van der Waals surface area contributed by atoms with Gasteiger partial charge in [0, 0.05) is 17.3 Å². The summed E-state index contributed by atoms with van der Waals surface area (Å²) < 4.78 is 6.63. The molecule has 0 radical (unpaired) electrons. The second-order valence-electron chi connectivity index (χ2n) is 13.7. The molecule has 8 aromatic rings. The molecule has 4 nitrogen and oxygen atoms in total. The van der Waals surface area contributed by atoms with Gasteiger partial charge in [0.1, 0.15) is 11.3 Å². The molecule has 0 bridgehead atoms. The van der Waals surface area contributed by atoms with Crippen LogP contribution in [0.5, 0.6) is 5.75 Å². The van der Waals surface area contributed by atoms with Gasteiger partial charge in [-0.15, -0.1) is 0 Å². The molecule has 0 amide bonds. The Kier molecular flexibility index (Phi) is 7.85. The monoisotopic (exact) mass is 648 g/mol. The van der Waals surface area contributed by atoms with Crippen LogP contribution in [0, 0.1) is 0 Å². The van der Waals surface area contributed by atoms with Crippen molar-refractivity contribution in [1.29, 1.82) is 0 Å². The summed E-state index contributed by atoms with van der Waals surface area (Å²) in [6.45, 7) is 6.46. The molecule has 7 aromatic carbocycles. The predicted molar refractivity (Wildman–Crippen MR) is 207 cm³/mol. The van der Waals surface area contributed by atoms with Crippen molar-refractivity contribution < 1.29 is 9.52 Å². The van der Waals surface area contributed by atoms with Gasteiger partial charge in [-0.25, -0.2) is 4.98 Å². The molecule has 0 aliphatic rings. The van der Waals surface area contributed by atoms with Gasteiger partial charge in [0.05, 0.1) is 11.3 Å². The summed E-state index contributed by atoms with van der Waals surface area (Å²) in [6, 6.07) is 51.7. The second-order valence-corrected chi connectivity index (χ2v) is 13.7. The van der Waals surface area contributed by atoms with Crippen LogP contribution in [0.25, 0.3) is 66.7 Å². The molecule has 1 heterocycles. The van der Waals surface area contributed by atoms with Gasteiger partial charge in [0.15, 0.2) is 5.58 Å². The highest BCUT2D eigenvalue weighted by Gasteiger charge is 2.19. The maximum absolute atomic E-state index is 10.6. The minimum Gasteiger partial charge on any atom is -0.507 e. The van der Waals surface area contributed by atoms with Crippen LogP contribution < -0.4 is 0 Å². The Hall–Kier alpha value is -6.26. The van der Waals surface area contributed by atoms with Crippen molar-refractivity contribution in [3.8, 4) is 50.6 Å². The average Bonchev–Trinajstić information content (AvgIpc) is 3.58. The van der Waals surface area contributed by atoms with E-state index in [1.807, 2.05) is 42.5 Å². The minimum absolute atomic E-state index is 0.0586. The number of rotatable bonds is 6. The van der Waals surface area contributed by atoms with Crippen molar-refractivity contribution >= 4 is 33.8 Å². The summed E-state index contributed by atoms with van der Waals surface area (Å²) >= 11 is 0. The predicted octanol–water partition coefficient (Wildman–Crippen LogP) is 12.4. The zero-order valence-corrected chi connectivity index (χ0v) is 28.3. The molecule has 0 fully saturated rings. The first-order chi connectivity index (χ1) is 24.3. The van der Waals surface area contributed by atoms with E-state index >= 15 is 0 Å². The summed E-state index contributed by atoms with van der Waals surface area (Å²) in [5.74, 6) is 0.670. The molecule has 4 heteroatoms. The standard InChI is InChI=1S/C46H36N2O2/c1-46(2,3)36-24-25-42(49)35(26-36)29-47-41-19-10-9-17-39(41)45-48-44-40(38-18-11-15-33-14-7-8-16-37(33)38)27-34(28-43(44)50-45)32-22-20-31(21-23-32)30-12-5-4-6-13-30/h4-29,49H,1-3H3. The molecular weight excluding hydrogens is 613 g/mol. The van der Waals surface area contributed by atoms with Crippen molar-refractivity contribution in [3.63, 3.8) is 0 Å². The van der Waals surface area contributed by atoms with Gasteiger partial charge in [-0.2, -0.15) is 0 Å². The number of benzene rings is 7. The normalized spacial score (nSPS) is 11.9. The van der Waals surface area contributed by atoms with Crippen molar-refractivity contribution in [3.05, 3.63) is 163 Å². The quantitative estimate of drug-likeness (QED) is 0.183. The third-order valence-corrected chi connectivity index (χ3v) is 9.27. The number of phenolic OH excluding ortho intramolecular Hbond substituents is 1. The van der Waals surface area contributed by atoms with Crippen LogP contribution in [0.4, 0.5) is 5.69 Å². The molecule has 0 aliphatic heterocycles. The summed E-state index contributed by atoms with van der Waals surface area (Å²) in [5.41, 5.74) is 11.3. The molecule has 0 spiro atoms. The van der Waals surface area contributed by atoms with Gasteiger partial charge in [0.2, 0.25) is 5.89 Å². The SMILES string of the molecule is CC(C)(C)c1ccc(O)c(C=Nc2ccccc2-c2nc3c(-c4cccc5ccccc45)cc(-c4ccc(-c5ccccc5)cc4)cc3o2)c1. The first kappa shape index (κ1) is 31.0. The number of aromatic hydroxyl groups is 1. The lowest BCUT2D eigenvalue weighted by Crippen LogP contribution is -2.11. The van der Waals surface area contributed by atoms with Crippen LogP contribution in [0.2, 0.25) is 0 Å². The van der Waals surface area contributed by atoms with Gasteiger partial charge in [-0.3, -0.25) is 4.99 Å². The number of fused-ring (bicyclic) bond motifs is 2. The molecule has 0 atom stereocenters.